The number of aromatic nitrogens is 3. The maximum atomic E-state index is 10.6. The number of hydrogen-bond donors (Lipinski definition) is 2. The molecule has 0 saturated heterocycles. The fourth-order valence-corrected chi connectivity index (χ4v) is 3.20. The maximum absolute atomic E-state index is 10.6. The van der Waals surface area contributed by atoms with E-state index >= 15 is 0 Å². The largest absolute Gasteiger partial charge is 0.383 e. The van der Waals surface area contributed by atoms with E-state index in [0.717, 1.165) is 20.9 Å². The molecule has 0 saturated carbocycles. The second kappa shape index (κ2) is 6.11. The Labute approximate surface area is 147 Å². The molecule has 0 spiro atoms. The molecule has 3 aromatic rings. The van der Waals surface area contributed by atoms with E-state index in [1.165, 1.54) is 0 Å². The van der Waals surface area contributed by atoms with Crippen molar-refractivity contribution in [3.8, 4) is 0 Å². The smallest absolute Gasteiger partial charge is 0.126 e. The second-order valence-electron chi connectivity index (χ2n) is 5.69. The molecule has 0 aliphatic carbocycles. The SMILES string of the molecule is Cn1cc(C(C)(O)CNc2ccc3cc(Br)cc(Cl)c3n2)cn1. The van der Waals surface area contributed by atoms with Crippen molar-refractivity contribution in [3.63, 3.8) is 0 Å². The van der Waals surface area contributed by atoms with Crippen molar-refractivity contribution in [2.75, 3.05) is 11.9 Å². The average molecular weight is 396 g/mol. The van der Waals surface area contributed by atoms with Gasteiger partial charge in [-0.2, -0.15) is 5.10 Å². The van der Waals surface area contributed by atoms with Crippen molar-refractivity contribution in [1.82, 2.24) is 14.8 Å². The third kappa shape index (κ3) is 3.49. The lowest BCUT2D eigenvalue weighted by molar-refractivity contribution is 0.0714. The molecule has 0 aliphatic heterocycles. The molecule has 2 aromatic heterocycles. The predicted molar refractivity (Wildman–Crippen MR) is 95.7 cm³/mol. The number of aliphatic hydroxyl groups is 1. The van der Waals surface area contributed by atoms with Gasteiger partial charge in [-0.25, -0.2) is 4.98 Å². The Morgan fingerprint density at radius 1 is 1.39 bits per heavy atom. The Bertz CT molecular complexity index is 862. The van der Waals surface area contributed by atoms with E-state index in [2.05, 4.69) is 31.3 Å². The minimum absolute atomic E-state index is 0.311. The Balaban J connectivity index is 1.82. The molecule has 0 fully saturated rings. The van der Waals surface area contributed by atoms with Crippen LogP contribution in [-0.4, -0.2) is 26.4 Å². The molecule has 120 valence electrons. The van der Waals surface area contributed by atoms with E-state index in [-0.39, 0.29) is 0 Å². The summed E-state index contributed by atoms with van der Waals surface area (Å²) in [5.41, 5.74) is 0.421. The topological polar surface area (TPSA) is 63.0 Å². The van der Waals surface area contributed by atoms with Gasteiger partial charge in [0.05, 0.1) is 16.7 Å². The van der Waals surface area contributed by atoms with E-state index in [1.54, 1.807) is 24.0 Å². The number of anilines is 1. The normalized spacial score (nSPS) is 14.0. The average Bonchev–Trinajstić information content (AvgIpc) is 2.93. The lowest BCUT2D eigenvalue weighted by Crippen LogP contribution is -2.30. The van der Waals surface area contributed by atoms with Crippen LogP contribution >= 0.6 is 27.5 Å². The summed E-state index contributed by atoms with van der Waals surface area (Å²) in [6.07, 6.45) is 3.45. The molecule has 1 aromatic carbocycles. The molecule has 3 rings (SSSR count). The third-order valence-electron chi connectivity index (χ3n) is 3.65. The first-order valence-corrected chi connectivity index (χ1v) is 8.23. The first kappa shape index (κ1) is 16.2. The zero-order valence-electron chi connectivity index (χ0n) is 12.7. The van der Waals surface area contributed by atoms with Gasteiger partial charge in [0.2, 0.25) is 0 Å². The van der Waals surface area contributed by atoms with E-state index in [9.17, 15) is 5.11 Å². The summed E-state index contributed by atoms with van der Waals surface area (Å²) in [6, 6.07) is 7.58. The van der Waals surface area contributed by atoms with Gasteiger partial charge in [0.15, 0.2) is 0 Å². The highest BCUT2D eigenvalue weighted by Crippen LogP contribution is 2.28. The maximum Gasteiger partial charge on any atom is 0.126 e. The van der Waals surface area contributed by atoms with Crippen LogP contribution in [0.1, 0.15) is 12.5 Å². The molecule has 2 heterocycles. The van der Waals surface area contributed by atoms with E-state index in [4.69, 9.17) is 11.6 Å². The van der Waals surface area contributed by atoms with Crippen LogP contribution in [0.5, 0.6) is 0 Å². The summed E-state index contributed by atoms with van der Waals surface area (Å²) in [5.74, 6) is 0.658. The molecular weight excluding hydrogens is 380 g/mol. The number of nitrogens with zero attached hydrogens (tertiary/aromatic N) is 3. The van der Waals surface area contributed by atoms with Crippen LogP contribution < -0.4 is 5.32 Å². The molecule has 23 heavy (non-hydrogen) atoms. The number of benzene rings is 1. The quantitative estimate of drug-likeness (QED) is 0.707. The summed E-state index contributed by atoms with van der Waals surface area (Å²) in [5, 5.41) is 19.4. The summed E-state index contributed by atoms with van der Waals surface area (Å²) < 4.78 is 2.58. The predicted octanol–water partition coefficient (Wildman–Crippen LogP) is 3.70. The van der Waals surface area contributed by atoms with Crippen LogP contribution in [0, 0.1) is 0 Å². The fourth-order valence-electron chi connectivity index (χ4n) is 2.32. The van der Waals surface area contributed by atoms with Crippen LogP contribution in [0.4, 0.5) is 5.82 Å². The zero-order chi connectivity index (χ0) is 16.6. The van der Waals surface area contributed by atoms with Crippen molar-refractivity contribution < 1.29 is 5.11 Å². The van der Waals surface area contributed by atoms with Crippen LogP contribution in [0.2, 0.25) is 5.02 Å². The number of hydrogen-bond acceptors (Lipinski definition) is 4. The lowest BCUT2D eigenvalue weighted by atomic mass is 10.00. The van der Waals surface area contributed by atoms with E-state index in [1.807, 2.05) is 31.3 Å². The number of fused-ring (bicyclic) bond motifs is 1. The van der Waals surface area contributed by atoms with Gasteiger partial charge in [-0.3, -0.25) is 4.68 Å². The molecule has 0 bridgehead atoms. The van der Waals surface area contributed by atoms with Crippen molar-refractivity contribution >= 4 is 44.3 Å². The highest BCUT2D eigenvalue weighted by Gasteiger charge is 2.24. The van der Waals surface area contributed by atoms with Crippen LogP contribution in [-0.2, 0) is 12.6 Å². The fraction of sp³-hybridized carbons (Fsp3) is 0.250. The van der Waals surface area contributed by atoms with Crippen LogP contribution in [0.3, 0.4) is 0 Å². The van der Waals surface area contributed by atoms with Crippen LogP contribution in [0.15, 0.2) is 41.1 Å². The van der Waals surface area contributed by atoms with Gasteiger partial charge in [-0.15, -0.1) is 0 Å². The van der Waals surface area contributed by atoms with Gasteiger partial charge < -0.3 is 10.4 Å². The van der Waals surface area contributed by atoms with Gasteiger partial charge in [0, 0.05) is 35.2 Å². The summed E-state index contributed by atoms with van der Waals surface area (Å²) in [7, 11) is 1.82. The Morgan fingerprint density at radius 3 is 2.87 bits per heavy atom. The highest BCUT2D eigenvalue weighted by atomic mass is 79.9. The zero-order valence-corrected chi connectivity index (χ0v) is 15.1. The lowest BCUT2D eigenvalue weighted by Gasteiger charge is -2.22. The van der Waals surface area contributed by atoms with Crippen molar-refractivity contribution in [2.24, 2.45) is 7.05 Å². The Morgan fingerprint density at radius 2 is 2.17 bits per heavy atom. The number of nitrogens with one attached hydrogen (secondary N) is 1. The van der Waals surface area contributed by atoms with Gasteiger partial charge >= 0.3 is 0 Å². The number of halogens is 2. The first-order valence-electron chi connectivity index (χ1n) is 7.06. The Kier molecular flexibility index (Phi) is 4.31. The van der Waals surface area contributed by atoms with Gasteiger partial charge in [-0.1, -0.05) is 27.5 Å². The summed E-state index contributed by atoms with van der Waals surface area (Å²) in [6.45, 7) is 2.05. The number of rotatable bonds is 4. The third-order valence-corrected chi connectivity index (χ3v) is 4.40. The van der Waals surface area contributed by atoms with Gasteiger partial charge in [0.25, 0.3) is 0 Å². The van der Waals surface area contributed by atoms with E-state index < -0.39 is 5.60 Å². The molecular formula is C16H16BrClN4O. The minimum Gasteiger partial charge on any atom is -0.383 e. The summed E-state index contributed by atoms with van der Waals surface area (Å²) >= 11 is 9.66. The molecule has 1 atom stereocenters. The summed E-state index contributed by atoms with van der Waals surface area (Å²) in [4.78, 5) is 4.52. The second-order valence-corrected chi connectivity index (χ2v) is 7.01. The molecule has 1 unspecified atom stereocenters. The molecule has 0 aliphatic rings. The van der Waals surface area contributed by atoms with Gasteiger partial charge in [-0.05, 0) is 31.2 Å². The molecule has 2 N–H and O–H groups in total. The number of pyridine rings is 1. The molecule has 0 amide bonds. The van der Waals surface area contributed by atoms with Gasteiger partial charge in [0.1, 0.15) is 11.4 Å². The molecule has 7 heteroatoms. The van der Waals surface area contributed by atoms with Crippen molar-refractivity contribution in [3.05, 3.63) is 51.7 Å². The standard InChI is InChI=1S/C16H16BrClN4O/c1-16(23,11-7-20-22(2)8-11)9-19-14-4-3-10-5-12(17)6-13(18)15(10)21-14/h3-8,23H,9H2,1-2H3,(H,19,21). The molecule has 0 radical (unpaired) electrons. The van der Waals surface area contributed by atoms with E-state index in [0.29, 0.717) is 17.4 Å². The Hall–Kier alpha value is -1.63. The number of aryl methyl sites for hydroxylation is 1. The highest BCUT2D eigenvalue weighted by molar-refractivity contribution is 9.10. The molecule has 5 nitrogen and oxygen atoms in total. The van der Waals surface area contributed by atoms with Crippen molar-refractivity contribution in [2.45, 2.75) is 12.5 Å². The van der Waals surface area contributed by atoms with Crippen LogP contribution in [0.25, 0.3) is 10.9 Å². The first-order chi connectivity index (χ1) is 10.8. The monoisotopic (exact) mass is 394 g/mol. The minimum atomic E-state index is -1.05. The van der Waals surface area contributed by atoms with Crippen molar-refractivity contribution in [1.29, 1.82) is 0 Å².